The number of anilines is 1. The van der Waals surface area contributed by atoms with E-state index >= 15 is 0 Å². The summed E-state index contributed by atoms with van der Waals surface area (Å²) in [6.07, 6.45) is -0.727. The number of hydrogen-bond donors (Lipinski definition) is 1. The van der Waals surface area contributed by atoms with Crippen molar-refractivity contribution in [2.45, 2.75) is 26.9 Å². The number of fused-ring (bicyclic) bond motifs is 2. The van der Waals surface area contributed by atoms with Crippen molar-refractivity contribution in [2.75, 3.05) is 5.32 Å². The van der Waals surface area contributed by atoms with Crippen molar-refractivity contribution < 1.29 is 13.9 Å². The molecule has 152 valence electrons. The molecule has 0 aliphatic heterocycles. The van der Waals surface area contributed by atoms with Crippen molar-refractivity contribution in [3.8, 4) is 5.75 Å². The van der Waals surface area contributed by atoms with Gasteiger partial charge in [-0.15, -0.1) is 0 Å². The van der Waals surface area contributed by atoms with Gasteiger partial charge in [0.05, 0.1) is 10.8 Å². The zero-order valence-electron chi connectivity index (χ0n) is 16.8. The number of hydrogen-bond acceptors (Lipinski definition) is 4. The Kier molecular flexibility index (Phi) is 5.22. The van der Waals surface area contributed by atoms with Gasteiger partial charge in [-0.25, -0.2) is 0 Å². The van der Waals surface area contributed by atoms with Crippen LogP contribution in [0.2, 0.25) is 5.02 Å². The van der Waals surface area contributed by atoms with Crippen LogP contribution in [-0.4, -0.2) is 12.0 Å². The molecule has 1 amide bonds. The van der Waals surface area contributed by atoms with Crippen LogP contribution in [-0.2, 0) is 4.79 Å². The Balaban J connectivity index is 1.62. The zero-order valence-corrected chi connectivity index (χ0v) is 17.5. The van der Waals surface area contributed by atoms with Gasteiger partial charge in [-0.05, 0) is 74.4 Å². The molecule has 3 aromatic carbocycles. The SMILES string of the molecule is Cc1ccc2c(=O)c3ccc(NC(=O)C(C)Oc4ccc(Cl)cc4)cc3oc2c1C. The fraction of sp³-hybridized carbons (Fsp3) is 0.167. The summed E-state index contributed by atoms with van der Waals surface area (Å²) in [6, 6.07) is 15.5. The second-order valence-electron chi connectivity index (χ2n) is 7.23. The molecular formula is C24H20ClNO4. The molecule has 5 nitrogen and oxygen atoms in total. The molecular weight excluding hydrogens is 402 g/mol. The molecule has 0 spiro atoms. The van der Waals surface area contributed by atoms with Crippen molar-refractivity contribution in [3.63, 3.8) is 0 Å². The van der Waals surface area contributed by atoms with E-state index in [0.717, 1.165) is 11.1 Å². The Bertz CT molecular complexity index is 1330. The number of benzene rings is 3. The highest BCUT2D eigenvalue weighted by atomic mass is 35.5. The monoisotopic (exact) mass is 421 g/mol. The Morgan fingerprint density at radius 1 is 1.03 bits per heavy atom. The van der Waals surface area contributed by atoms with Crippen LogP contribution in [0.1, 0.15) is 18.1 Å². The van der Waals surface area contributed by atoms with E-state index in [1.54, 1.807) is 55.5 Å². The first kappa shape index (κ1) is 20.0. The summed E-state index contributed by atoms with van der Waals surface area (Å²) >= 11 is 5.87. The number of rotatable bonds is 4. The molecule has 0 saturated carbocycles. The third-order valence-electron chi connectivity index (χ3n) is 5.12. The van der Waals surface area contributed by atoms with E-state index < -0.39 is 6.10 Å². The first-order valence-corrected chi connectivity index (χ1v) is 9.91. The molecule has 1 unspecified atom stereocenters. The molecule has 4 aromatic rings. The summed E-state index contributed by atoms with van der Waals surface area (Å²) in [7, 11) is 0. The minimum Gasteiger partial charge on any atom is -0.481 e. The molecule has 0 bridgehead atoms. The van der Waals surface area contributed by atoms with Gasteiger partial charge in [0, 0.05) is 16.8 Å². The number of amides is 1. The summed E-state index contributed by atoms with van der Waals surface area (Å²) < 4.78 is 11.7. The van der Waals surface area contributed by atoms with Gasteiger partial charge in [-0.3, -0.25) is 9.59 Å². The molecule has 4 rings (SSSR count). The largest absolute Gasteiger partial charge is 0.481 e. The summed E-state index contributed by atoms with van der Waals surface area (Å²) in [4.78, 5) is 25.4. The summed E-state index contributed by atoms with van der Waals surface area (Å²) in [5.41, 5.74) is 3.38. The Morgan fingerprint density at radius 2 is 1.73 bits per heavy atom. The lowest BCUT2D eigenvalue weighted by Gasteiger charge is -2.15. The molecule has 30 heavy (non-hydrogen) atoms. The minimum absolute atomic E-state index is 0.0910. The van der Waals surface area contributed by atoms with Crippen molar-refractivity contribution in [1.29, 1.82) is 0 Å². The number of carbonyl (C=O) groups is 1. The van der Waals surface area contributed by atoms with Gasteiger partial charge in [0.2, 0.25) is 5.43 Å². The van der Waals surface area contributed by atoms with E-state index in [4.69, 9.17) is 20.8 Å². The average molecular weight is 422 g/mol. The van der Waals surface area contributed by atoms with Crippen LogP contribution in [0.5, 0.6) is 5.75 Å². The first-order valence-electron chi connectivity index (χ1n) is 9.53. The highest BCUT2D eigenvalue weighted by molar-refractivity contribution is 6.30. The maximum atomic E-state index is 12.8. The quantitative estimate of drug-likeness (QED) is 0.434. The van der Waals surface area contributed by atoms with Crippen molar-refractivity contribution in [1.82, 2.24) is 0 Å². The third-order valence-corrected chi connectivity index (χ3v) is 5.37. The summed E-state index contributed by atoms with van der Waals surface area (Å²) in [5.74, 6) is 0.225. The van der Waals surface area contributed by atoms with Crippen LogP contribution in [0.25, 0.3) is 21.9 Å². The molecule has 0 radical (unpaired) electrons. The number of nitrogens with one attached hydrogen (secondary N) is 1. The molecule has 6 heteroatoms. The number of carbonyl (C=O) groups excluding carboxylic acids is 1. The van der Waals surface area contributed by atoms with Gasteiger partial charge in [0.1, 0.15) is 16.9 Å². The smallest absolute Gasteiger partial charge is 0.265 e. The fourth-order valence-electron chi connectivity index (χ4n) is 3.24. The highest BCUT2D eigenvalue weighted by Crippen LogP contribution is 2.25. The predicted molar refractivity (Wildman–Crippen MR) is 120 cm³/mol. The van der Waals surface area contributed by atoms with Crippen LogP contribution in [0.15, 0.2) is 63.8 Å². The van der Waals surface area contributed by atoms with E-state index in [0.29, 0.717) is 38.4 Å². The highest BCUT2D eigenvalue weighted by Gasteiger charge is 2.16. The molecule has 1 aromatic heterocycles. The van der Waals surface area contributed by atoms with Crippen LogP contribution in [0.4, 0.5) is 5.69 Å². The molecule has 1 atom stereocenters. The fourth-order valence-corrected chi connectivity index (χ4v) is 3.37. The van der Waals surface area contributed by atoms with Crippen molar-refractivity contribution in [2.24, 2.45) is 0 Å². The normalized spacial score (nSPS) is 12.1. The molecule has 1 N–H and O–H groups in total. The molecule has 0 saturated heterocycles. The number of aryl methyl sites for hydroxylation is 2. The molecule has 0 aliphatic carbocycles. The van der Waals surface area contributed by atoms with Crippen LogP contribution >= 0.6 is 11.6 Å². The second kappa shape index (κ2) is 7.84. The van der Waals surface area contributed by atoms with E-state index in [-0.39, 0.29) is 11.3 Å². The molecule has 1 heterocycles. The van der Waals surface area contributed by atoms with Gasteiger partial charge in [0.25, 0.3) is 5.91 Å². The van der Waals surface area contributed by atoms with Crippen LogP contribution < -0.4 is 15.5 Å². The number of ether oxygens (including phenoxy) is 1. The Hall–Kier alpha value is -3.31. The Labute approximate surface area is 178 Å². The van der Waals surface area contributed by atoms with Crippen LogP contribution in [0, 0.1) is 13.8 Å². The predicted octanol–water partition coefficient (Wildman–Crippen LogP) is 5.62. The second-order valence-corrected chi connectivity index (χ2v) is 7.67. The lowest BCUT2D eigenvalue weighted by molar-refractivity contribution is -0.122. The van der Waals surface area contributed by atoms with Gasteiger partial charge >= 0.3 is 0 Å². The standard InChI is InChI=1S/C24H20ClNO4/c1-13-4-10-20-22(27)19-11-7-17(12-21(19)30-23(20)14(13)2)26-24(28)15(3)29-18-8-5-16(25)6-9-18/h4-12,15H,1-3H3,(H,26,28). The van der Waals surface area contributed by atoms with Crippen LogP contribution in [0.3, 0.4) is 0 Å². The summed E-state index contributed by atoms with van der Waals surface area (Å²) in [6.45, 7) is 5.55. The van der Waals surface area contributed by atoms with E-state index in [2.05, 4.69) is 5.32 Å². The van der Waals surface area contributed by atoms with Gasteiger partial charge in [-0.1, -0.05) is 17.7 Å². The lowest BCUT2D eigenvalue weighted by atomic mass is 10.0. The lowest BCUT2D eigenvalue weighted by Crippen LogP contribution is -2.30. The van der Waals surface area contributed by atoms with E-state index in [1.807, 2.05) is 19.9 Å². The van der Waals surface area contributed by atoms with E-state index in [1.165, 1.54) is 0 Å². The summed E-state index contributed by atoms with van der Waals surface area (Å²) in [5, 5.41) is 4.41. The number of halogens is 1. The maximum absolute atomic E-state index is 12.8. The average Bonchev–Trinajstić information content (AvgIpc) is 2.72. The van der Waals surface area contributed by atoms with Crippen molar-refractivity contribution in [3.05, 3.63) is 81.0 Å². The topological polar surface area (TPSA) is 68.5 Å². The maximum Gasteiger partial charge on any atom is 0.265 e. The molecule has 0 fully saturated rings. The minimum atomic E-state index is -0.727. The van der Waals surface area contributed by atoms with Gasteiger partial charge < -0.3 is 14.5 Å². The third kappa shape index (κ3) is 3.76. The molecule has 0 aliphatic rings. The van der Waals surface area contributed by atoms with Crippen molar-refractivity contribution >= 4 is 45.1 Å². The Morgan fingerprint density at radius 3 is 2.47 bits per heavy atom. The van der Waals surface area contributed by atoms with Gasteiger partial charge in [-0.2, -0.15) is 0 Å². The van der Waals surface area contributed by atoms with Gasteiger partial charge in [0.15, 0.2) is 6.10 Å². The first-order chi connectivity index (χ1) is 14.3. The van der Waals surface area contributed by atoms with E-state index in [9.17, 15) is 9.59 Å². The zero-order chi connectivity index (χ0) is 21.4.